The van der Waals surface area contributed by atoms with Gasteiger partial charge in [-0.15, -0.1) is 11.6 Å². The van der Waals surface area contributed by atoms with Crippen LogP contribution in [0.4, 0.5) is 4.39 Å². The molecule has 1 rings (SSSR count). The van der Waals surface area contributed by atoms with E-state index in [2.05, 4.69) is 15.9 Å². The van der Waals surface area contributed by atoms with E-state index in [9.17, 15) is 9.18 Å². The molecule has 0 aliphatic rings. The van der Waals surface area contributed by atoms with Crippen LogP contribution in [0.5, 0.6) is 0 Å². The second-order valence-corrected chi connectivity index (χ2v) is 4.85. The molecule has 0 heterocycles. The van der Waals surface area contributed by atoms with Crippen LogP contribution in [0.15, 0.2) is 22.7 Å². The summed E-state index contributed by atoms with van der Waals surface area (Å²) in [4.78, 5) is 13.7. The highest BCUT2D eigenvalue weighted by Crippen LogP contribution is 2.17. The third-order valence-electron chi connectivity index (χ3n) is 2.39. The quantitative estimate of drug-likeness (QED) is 0.757. The smallest absolute Gasteiger partial charge is 0.256 e. The minimum Gasteiger partial charge on any atom is -0.339 e. The van der Waals surface area contributed by atoms with Crippen LogP contribution >= 0.6 is 27.5 Å². The topological polar surface area (TPSA) is 20.3 Å². The van der Waals surface area contributed by atoms with Crippen molar-refractivity contribution in [2.45, 2.75) is 13.3 Å². The predicted molar refractivity (Wildman–Crippen MR) is 71.0 cm³/mol. The maximum absolute atomic E-state index is 13.5. The summed E-state index contributed by atoms with van der Waals surface area (Å²) in [5.74, 6) is -0.302. The minimum atomic E-state index is -0.498. The first-order valence-electron chi connectivity index (χ1n) is 5.40. The minimum absolute atomic E-state index is 0.0933. The lowest BCUT2D eigenvalue weighted by molar-refractivity contribution is 0.0760. The molecule has 0 aliphatic heterocycles. The number of amides is 1. The van der Waals surface area contributed by atoms with Gasteiger partial charge < -0.3 is 4.90 Å². The van der Waals surface area contributed by atoms with E-state index in [4.69, 9.17) is 11.6 Å². The van der Waals surface area contributed by atoms with Gasteiger partial charge in [0, 0.05) is 23.4 Å². The van der Waals surface area contributed by atoms with Crippen LogP contribution in [0.2, 0.25) is 0 Å². The molecule has 0 unspecified atom stereocenters. The summed E-state index contributed by atoms with van der Waals surface area (Å²) in [5.41, 5.74) is 0.0933. The Labute approximate surface area is 114 Å². The Balaban J connectivity index is 2.89. The van der Waals surface area contributed by atoms with Gasteiger partial charge in [-0.25, -0.2) is 4.39 Å². The molecule has 0 fully saturated rings. The van der Waals surface area contributed by atoms with Gasteiger partial charge in [0.05, 0.1) is 5.56 Å². The number of alkyl halides is 1. The normalized spacial score (nSPS) is 10.4. The van der Waals surface area contributed by atoms with Gasteiger partial charge in [0.2, 0.25) is 0 Å². The van der Waals surface area contributed by atoms with Crippen molar-refractivity contribution < 1.29 is 9.18 Å². The van der Waals surface area contributed by atoms with Crippen molar-refractivity contribution in [1.29, 1.82) is 0 Å². The maximum Gasteiger partial charge on any atom is 0.256 e. The number of hydrogen-bond donors (Lipinski definition) is 0. The SMILES string of the molecule is CCN(CCCCl)C(=O)c1cc(Br)ccc1F. The highest BCUT2D eigenvalue weighted by atomic mass is 79.9. The number of benzene rings is 1. The molecule has 1 aromatic rings. The molecule has 1 amide bonds. The summed E-state index contributed by atoms with van der Waals surface area (Å²) in [6.07, 6.45) is 0.705. The molecular formula is C12H14BrClFNO. The number of halogens is 3. The van der Waals surface area contributed by atoms with Crippen molar-refractivity contribution in [2.24, 2.45) is 0 Å². The Hall–Kier alpha value is -0.610. The lowest BCUT2D eigenvalue weighted by Gasteiger charge is -2.20. The molecule has 5 heteroatoms. The van der Waals surface area contributed by atoms with E-state index in [1.807, 2.05) is 6.92 Å². The van der Waals surface area contributed by atoms with Gasteiger partial charge in [0.15, 0.2) is 0 Å². The average molecular weight is 323 g/mol. The van der Waals surface area contributed by atoms with Crippen molar-refractivity contribution in [3.05, 3.63) is 34.1 Å². The first-order chi connectivity index (χ1) is 8.10. The summed E-state index contributed by atoms with van der Waals surface area (Å²) in [7, 11) is 0. The van der Waals surface area contributed by atoms with E-state index in [0.717, 1.165) is 0 Å². The van der Waals surface area contributed by atoms with Crippen LogP contribution in [0.3, 0.4) is 0 Å². The Morgan fingerprint density at radius 1 is 1.53 bits per heavy atom. The lowest BCUT2D eigenvalue weighted by atomic mass is 10.2. The standard InChI is InChI=1S/C12H14BrClFNO/c1-2-16(7-3-6-14)12(17)10-8-9(13)4-5-11(10)15/h4-5,8H,2-3,6-7H2,1H3. The molecule has 0 saturated carbocycles. The van der Waals surface area contributed by atoms with Gasteiger partial charge in [-0.1, -0.05) is 15.9 Å². The number of rotatable bonds is 5. The van der Waals surface area contributed by atoms with Gasteiger partial charge in [0.25, 0.3) is 5.91 Å². The largest absolute Gasteiger partial charge is 0.339 e. The fraction of sp³-hybridized carbons (Fsp3) is 0.417. The molecule has 0 aromatic heterocycles. The zero-order valence-electron chi connectivity index (χ0n) is 9.55. The van der Waals surface area contributed by atoms with Crippen molar-refractivity contribution in [3.8, 4) is 0 Å². The summed E-state index contributed by atoms with van der Waals surface area (Å²) in [6.45, 7) is 2.95. The number of carbonyl (C=O) groups excluding carboxylic acids is 1. The Morgan fingerprint density at radius 2 is 2.24 bits per heavy atom. The van der Waals surface area contributed by atoms with Gasteiger partial charge in [-0.2, -0.15) is 0 Å². The average Bonchev–Trinajstić information content (AvgIpc) is 2.33. The number of hydrogen-bond acceptors (Lipinski definition) is 1. The highest BCUT2D eigenvalue weighted by Gasteiger charge is 2.17. The van der Waals surface area contributed by atoms with Crippen LogP contribution in [0.25, 0.3) is 0 Å². The summed E-state index contributed by atoms with van der Waals surface area (Å²) >= 11 is 8.82. The van der Waals surface area contributed by atoms with Crippen LogP contribution in [0, 0.1) is 5.82 Å². The van der Waals surface area contributed by atoms with Crippen molar-refractivity contribution in [2.75, 3.05) is 19.0 Å². The summed E-state index contributed by atoms with van der Waals surface area (Å²) in [5, 5.41) is 0. The Bertz CT molecular complexity index is 400. The van der Waals surface area contributed by atoms with Crippen molar-refractivity contribution in [1.82, 2.24) is 4.90 Å². The molecule has 0 atom stereocenters. The van der Waals surface area contributed by atoms with E-state index < -0.39 is 5.82 Å². The first kappa shape index (κ1) is 14.5. The molecule has 0 radical (unpaired) electrons. The molecule has 1 aromatic carbocycles. The fourth-order valence-electron chi connectivity index (χ4n) is 1.49. The van der Waals surface area contributed by atoms with E-state index in [1.54, 1.807) is 11.0 Å². The molecule has 2 nitrogen and oxygen atoms in total. The number of nitrogens with zero attached hydrogens (tertiary/aromatic N) is 1. The predicted octanol–water partition coefficient (Wildman–Crippen LogP) is 3.68. The van der Waals surface area contributed by atoms with E-state index in [0.29, 0.717) is 29.9 Å². The second kappa shape index (κ2) is 6.97. The Morgan fingerprint density at radius 3 is 2.82 bits per heavy atom. The lowest BCUT2D eigenvalue weighted by Crippen LogP contribution is -2.32. The zero-order chi connectivity index (χ0) is 12.8. The number of carbonyl (C=O) groups is 1. The van der Waals surface area contributed by atoms with Crippen LogP contribution in [-0.4, -0.2) is 29.8 Å². The molecule has 94 valence electrons. The molecule has 0 saturated heterocycles. The van der Waals surface area contributed by atoms with Crippen LogP contribution < -0.4 is 0 Å². The molecule has 0 N–H and O–H groups in total. The van der Waals surface area contributed by atoms with Crippen LogP contribution in [0.1, 0.15) is 23.7 Å². The van der Waals surface area contributed by atoms with E-state index in [1.165, 1.54) is 12.1 Å². The van der Waals surface area contributed by atoms with Gasteiger partial charge in [-0.3, -0.25) is 4.79 Å². The summed E-state index contributed by atoms with van der Waals surface area (Å²) < 4.78 is 14.2. The molecule has 17 heavy (non-hydrogen) atoms. The van der Waals surface area contributed by atoms with Crippen LogP contribution in [-0.2, 0) is 0 Å². The van der Waals surface area contributed by atoms with Gasteiger partial charge in [0.1, 0.15) is 5.82 Å². The van der Waals surface area contributed by atoms with Gasteiger partial charge >= 0.3 is 0 Å². The van der Waals surface area contributed by atoms with Crippen molar-refractivity contribution in [3.63, 3.8) is 0 Å². The van der Waals surface area contributed by atoms with Gasteiger partial charge in [-0.05, 0) is 31.5 Å². The van der Waals surface area contributed by atoms with E-state index >= 15 is 0 Å². The monoisotopic (exact) mass is 321 g/mol. The van der Waals surface area contributed by atoms with Crippen molar-refractivity contribution >= 4 is 33.4 Å². The highest BCUT2D eigenvalue weighted by molar-refractivity contribution is 9.10. The molecule has 0 aliphatic carbocycles. The third-order valence-corrected chi connectivity index (χ3v) is 3.15. The fourth-order valence-corrected chi connectivity index (χ4v) is 1.97. The molecular weight excluding hydrogens is 308 g/mol. The maximum atomic E-state index is 13.5. The summed E-state index contributed by atoms with van der Waals surface area (Å²) in [6, 6.07) is 4.36. The molecule has 0 spiro atoms. The third kappa shape index (κ3) is 3.96. The molecule has 0 bridgehead atoms. The first-order valence-corrected chi connectivity index (χ1v) is 6.73. The zero-order valence-corrected chi connectivity index (χ0v) is 11.9. The van der Waals surface area contributed by atoms with E-state index in [-0.39, 0.29) is 11.5 Å². The Kier molecular flexibility index (Phi) is 5.92. The second-order valence-electron chi connectivity index (χ2n) is 3.55.